The summed E-state index contributed by atoms with van der Waals surface area (Å²) in [4.78, 5) is 0. The topological polar surface area (TPSA) is 21.3 Å². The molecule has 4 unspecified atom stereocenters. The van der Waals surface area contributed by atoms with Crippen molar-refractivity contribution in [3.05, 3.63) is 95.6 Å². The Bertz CT molecular complexity index is 1360. The highest BCUT2D eigenvalue weighted by Crippen LogP contribution is 2.48. The number of hydrogen-bond donors (Lipinski definition) is 1. The highest BCUT2D eigenvalue weighted by Gasteiger charge is 2.35. The molecule has 41 heavy (non-hydrogen) atoms. The second kappa shape index (κ2) is 13.1. The van der Waals surface area contributed by atoms with Crippen LogP contribution in [0.1, 0.15) is 75.3 Å². The molecule has 5 rings (SSSR count). The molecule has 1 N–H and O–H groups in total. The first-order valence-electron chi connectivity index (χ1n) is 14.9. The third kappa shape index (κ3) is 6.47. The third-order valence-corrected chi connectivity index (χ3v) is 9.15. The van der Waals surface area contributed by atoms with Crippen molar-refractivity contribution in [2.75, 3.05) is 11.9 Å². The summed E-state index contributed by atoms with van der Waals surface area (Å²) in [5.41, 5.74) is 1.56. The fourth-order valence-corrected chi connectivity index (χ4v) is 6.91. The highest BCUT2D eigenvalue weighted by atomic mass is 19.2. The lowest BCUT2D eigenvalue weighted by Crippen LogP contribution is -2.30. The molecule has 4 atom stereocenters. The molecular formula is C35H39F4NO. The summed E-state index contributed by atoms with van der Waals surface area (Å²) >= 11 is 0. The van der Waals surface area contributed by atoms with Crippen LogP contribution in [0.25, 0.3) is 11.1 Å². The van der Waals surface area contributed by atoms with Gasteiger partial charge in [0.05, 0.1) is 12.3 Å². The summed E-state index contributed by atoms with van der Waals surface area (Å²) in [6.45, 7) is 5.98. The van der Waals surface area contributed by atoms with Crippen molar-refractivity contribution < 1.29 is 22.3 Å². The minimum atomic E-state index is -1.28. The molecule has 218 valence electrons. The second-order valence-corrected chi connectivity index (χ2v) is 11.6. The van der Waals surface area contributed by atoms with E-state index < -0.39 is 23.3 Å². The van der Waals surface area contributed by atoms with E-state index in [-0.39, 0.29) is 29.2 Å². The molecule has 2 fully saturated rings. The van der Waals surface area contributed by atoms with E-state index in [1.807, 2.05) is 18.2 Å². The van der Waals surface area contributed by atoms with E-state index in [0.29, 0.717) is 12.5 Å². The Labute approximate surface area is 240 Å². The standard InChI is InChI=1S/C35H39F4NO/c1-3-5-6-22-7-12-27-20-26(14-13-25(27)19-22)24-10-8-23(9-11-24)21-40-30-17-15-28(32(36)34(30)38)29-16-18-31(41-4-2)35(39)33(29)37/h3,8-11,15-18,22,25-27,40H,1,4-7,12-14,19-21H2,2H3. The first kappa shape index (κ1) is 29.2. The number of nitrogens with one attached hydrogen (secondary N) is 1. The zero-order chi connectivity index (χ0) is 28.9. The average molecular weight is 566 g/mol. The lowest BCUT2D eigenvalue weighted by molar-refractivity contribution is 0.115. The molecule has 2 aliphatic carbocycles. The van der Waals surface area contributed by atoms with Crippen LogP contribution in [0.15, 0.2) is 61.2 Å². The van der Waals surface area contributed by atoms with Gasteiger partial charge in [-0.3, -0.25) is 0 Å². The Morgan fingerprint density at radius 1 is 0.805 bits per heavy atom. The van der Waals surface area contributed by atoms with Gasteiger partial charge in [-0.2, -0.15) is 4.39 Å². The van der Waals surface area contributed by atoms with E-state index >= 15 is 0 Å². The van der Waals surface area contributed by atoms with E-state index in [1.54, 1.807) is 6.92 Å². The predicted molar refractivity (Wildman–Crippen MR) is 157 cm³/mol. The first-order chi connectivity index (χ1) is 19.9. The molecule has 2 aliphatic rings. The summed E-state index contributed by atoms with van der Waals surface area (Å²) in [5.74, 6) is -2.02. The smallest absolute Gasteiger partial charge is 0.201 e. The number of hydrogen-bond acceptors (Lipinski definition) is 2. The SMILES string of the molecule is C=CCCC1CCC2CC(c3ccc(CNc4ccc(-c5ccc(OCC)c(F)c5F)c(F)c4F)cc3)CCC2C1. The lowest BCUT2D eigenvalue weighted by atomic mass is 9.63. The zero-order valence-electron chi connectivity index (χ0n) is 23.7. The normalized spacial score (nSPS) is 22.2. The van der Waals surface area contributed by atoms with Crippen LogP contribution in [0.3, 0.4) is 0 Å². The number of halogens is 4. The Morgan fingerprint density at radius 3 is 2.22 bits per heavy atom. The fourth-order valence-electron chi connectivity index (χ4n) is 6.91. The van der Waals surface area contributed by atoms with E-state index in [0.717, 1.165) is 29.7 Å². The fraction of sp³-hybridized carbons (Fsp3) is 0.429. The molecule has 0 amide bonds. The van der Waals surface area contributed by atoms with E-state index in [9.17, 15) is 17.6 Å². The van der Waals surface area contributed by atoms with Crippen LogP contribution >= 0.6 is 0 Å². The van der Waals surface area contributed by atoms with Crippen molar-refractivity contribution in [2.45, 2.75) is 70.8 Å². The van der Waals surface area contributed by atoms with E-state index in [4.69, 9.17) is 4.74 Å². The molecule has 0 heterocycles. The highest BCUT2D eigenvalue weighted by molar-refractivity contribution is 5.69. The Balaban J connectivity index is 1.19. The van der Waals surface area contributed by atoms with Gasteiger partial charge in [0.2, 0.25) is 5.82 Å². The first-order valence-corrected chi connectivity index (χ1v) is 14.9. The van der Waals surface area contributed by atoms with Crippen LogP contribution in [-0.2, 0) is 6.54 Å². The van der Waals surface area contributed by atoms with Crippen molar-refractivity contribution in [3.63, 3.8) is 0 Å². The minimum Gasteiger partial charge on any atom is -0.491 e. The number of fused-ring (bicyclic) bond motifs is 1. The average Bonchev–Trinajstić information content (AvgIpc) is 2.99. The Kier molecular flexibility index (Phi) is 9.36. The molecule has 0 aliphatic heterocycles. The van der Waals surface area contributed by atoms with Crippen LogP contribution in [0.2, 0.25) is 0 Å². The number of ether oxygens (including phenoxy) is 1. The van der Waals surface area contributed by atoms with Gasteiger partial charge in [0.25, 0.3) is 0 Å². The largest absolute Gasteiger partial charge is 0.491 e. The maximum Gasteiger partial charge on any atom is 0.201 e. The summed E-state index contributed by atoms with van der Waals surface area (Å²) < 4.78 is 63.8. The van der Waals surface area contributed by atoms with Gasteiger partial charge in [-0.1, -0.05) is 36.8 Å². The maximum absolute atomic E-state index is 14.9. The molecule has 0 radical (unpaired) electrons. The number of rotatable bonds is 10. The van der Waals surface area contributed by atoms with Gasteiger partial charge in [-0.15, -0.1) is 6.58 Å². The molecule has 0 spiro atoms. The lowest BCUT2D eigenvalue weighted by Gasteiger charge is -2.42. The van der Waals surface area contributed by atoms with Gasteiger partial charge in [-0.05, 0) is 111 Å². The zero-order valence-corrected chi connectivity index (χ0v) is 23.7. The predicted octanol–water partition coefficient (Wildman–Crippen LogP) is 10.2. The van der Waals surface area contributed by atoms with Crippen LogP contribution in [-0.4, -0.2) is 6.61 Å². The molecule has 2 saturated carbocycles. The monoisotopic (exact) mass is 565 g/mol. The van der Waals surface area contributed by atoms with E-state index in [2.05, 4.69) is 24.0 Å². The van der Waals surface area contributed by atoms with Crippen LogP contribution in [0.5, 0.6) is 5.75 Å². The molecule has 3 aromatic carbocycles. The summed E-state index contributed by atoms with van der Waals surface area (Å²) in [6.07, 6.45) is 12.3. The van der Waals surface area contributed by atoms with Crippen LogP contribution in [0, 0.1) is 41.0 Å². The molecule has 0 saturated heterocycles. The van der Waals surface area contributed by atoms with Crippen molar-refractivity contribution >= 4 is 5.69 Å². The van der Waals surface area contributed by atoms with Gasteiger partial charge in [0.1, 0.15) is 0 Å². The van der Waals surface area contributed by atoms with Crippen molar-refractivity contribution in [3.8, 4) is 16.9 Å². The maximum atomic E-state index is 14.9. The van der Waals surface area contributed by atoms with Crippen LogP contribution in [0.4, 0.5) is 23.2 Å². The molecule has 6 heteroatoms. The van der Waals surface area contributed by atoms with Gasteiger partial charge < -0.3 is 10.1 Å². The Morgan fingerprint density at radius 2 is 1.49 bits per heavy atom. The minimum absolute atomic E-state index is 0.0378. The molecule has 3 aromatic rings. The molecular weight excluding hydrogens is 526 g/mol. The summed E-state index contributed by atoms with van der Waals surface area (Å²) in [5, 5.41) is 2.95. The number of allylic oxidation sites excluding steroid dienone is 1. The third-order valence-electron chi connectivity index (χ3n) is 9.15. The van der Waals surface area contributed by atoms with Crippen molar-refractivity contribution in [1.82, 2.24) is 0 Å². The summed E-state index contributed by atoms with van der Waals surface area (Å²) in [7, 11) is 0. The molecule has 2 nitrogen and oxygen atoms in total. The number of anilines is 1. The molecule has 0 aromatic heterocycles. The van der Waals surface area contributed by atoms with Crippen molar-refractivity contribution in [2.24, 2.45) is 17.8 Å². The number of benzene rings is 3. The second-order valence-electron chi connectivity index (χ2n) is 11.6. The summed E-state index contributed by atoms with van der Waals surface area (Å²) in [6, 6.07) is 13.4. The van der Waals surface area contributed by atoms with Gasteiger partial charge >= 0.3 is 0 Å². The van der Waals surface area contributed by atoms with Crippen molar-refractivity contribution in [1.29, 1.82) is 0 Å². The van der Waals surface area contributed by atoms with Gasteiger partial charge in [0.15, 0.2) is 23.2 Å². The Hall–Kier alpha value is -3.28. The molecule has 0 bridgehead atoms. The quantitative estimate of drug-likeness (QED) is 0.195. The van der Waals surface area contributed by atoms with E-state index in [1.165, 1.54) is 74.8 Å². The van der Waals surface area contributed by atoms with Crippen LogP contribution < -0.4 is 10.1 Å². The van der Waals surface area contributed by atoms with Gasteiger partial charge in [-0.25, -0.2) is 13.2 Å². The van der Waals surface area contributed by atoms with Gasteiger partial charge in [0, 0.05) is 17.7 Å².